The molecule has 2 aliphatic rings. The van der Waals surface area contributed by atoms with Gasteiger partial charge in [0, 0.05) is 38.6 Å². The predicted octanol–water partition coefficient (Wildman–Crippen LogP) is 3.13. The van der Waals surface area contributed by atoms with Gasteiger partial charge in [-0.25, -0.2) is 8.42 Å². The lowest BCUT2D eigenvalue weighted by molar-refractivity contribution is -0.133. The molecule has 1 aliphatic carbocycles. The number of nitrogens with zero attached hydrogens (tertiary/aromatic N) is 3. The third kappa shape index (κ3) is 6.05. The van der Waals surface area contributed by atoms with E-state index < -0.39 is 10.0 Å². The number of amides is 1. The molecule has 0 aromatic heterocycles. The van der Waals surface area contributed by atoms with Crippen LogP contribution in [-0.2, 0) is 21.2 Å². The Morgan fingerprint density at radius 3 is 2.20 bits per heavy atom. The van der Waals surface area contributed by atoms with Crippen LogP contribution in [0.4, 0.5) is 0 Å². The van der Waals surface area contributed by atoms with Crippen molar-refractivity contribution in [2.45, 2.75) is 68.7 Å². The zero-order valence-corrected chi connectivity index (χ0v) is 19.4. The number of carbonyl (C=O) groups is 1. The van der Waals surface area contributed by atoms with Gasteiger partial charge >= 0.3 is 0 Å². The lowest BCUT2D eigenvalue weighted by Gasteiger charge is -2.30. The number of aryl methyl sites for hydroxylation is 1. The van der Waals surface area contributed by atoms with E-state index in [1.54, 1.807) is 16.4 Å². The van der Waals surface area contributed by atoms with E-state index in [-0.39, 0.29) is 5.91 Å². The molecule has 1 aromatic carbocycles. The Kier molecular flexibility index (Phi) is 8.31. The number of likely N-dealkylation sites (N-methyl/N-ethyl adjacent to an activating group) is 1. The lowest BCUT2D eigenvalue weighted by atomic mass is 10.1. The van der Waals surface area contributed by atoms with Gasteiger partial charge in [-0.3, -0.25) is 4.79 Å². The largest absolute Gasteiger partial charge is 0.338 e. The fourth-order valence-corrected chi connectivity index (χ4v) is 6.03. The number of sulfonamides is 1. The highest BCUT2D eigenvalue weighted by Crippen LogP contribution is 2.25. The average Bonchev–Trinajstić information content (AvgIpc) is 3.27. The van der Waals surface area contributed by atoms with E-state index in [1.807, 2.05) is 26.2 Å². The number of rotatable bonds is 9. The van der Waals surface area contributed by atoms with Gasteiger partial charge in [-0.1, -0.05) is 31.4 Å². The summed E-state index contributed by atoms with van der Waals surface area (Å²) < 4.78 is 27.2. The van der Waals surface area contributed by atoms with Crippen LogP contribution in [0.3, 0.4) is 0 Å². The molecule has 1 amide bonds. The van der Waals surface area contributed by atoms with Crippen LogP contribution < -0.4 is 0 Å². The summed E-state index contributed by atoms with van der Waals surface area (Å²) in [4.78, 5) is 17.5. The molecule has 1 heterocycles. The molecule has 3 rings (SSSR count). The minimum Gasteiger partial charge on any atom is -0.338 e. The van der Waals surface area contributed by atoms with Crippen molar-refractivity contribution in [2.24, 2.45) is 0 Å². The molecule has 7 heteroatoms. The summed E-state index contributed by atoms with van der Waals surface area (Å²) in [5.74, 6) is 0.216. The monoisotopic (exact) mass is 435 g/mol. The summed E-state index contributed by atoms with van der Waals surface area (Å²) in [5, 5.41) is 0. The molecule has 0 unspecified atom stereocenters. The highest BCUT2D eigenvalue weighted by Gasteiger charge is 2.27. The summed E-state index contributed by atoms with van der Waals surface area (Å²) in [5.41, 5.74) is 1.01. The fourth-order valence-electron chi connectivity index (χ4n) is 4.51. The van der Waals surface area contributed by atoms with Crippen LogP contribution in [-0.4, -0.2) is 74.7 Å². The molecule has 30 heavy (non-hydrogen) atoms. The first-order valence-corrected chi connectivity index (χ1v) is 12.9. The van der Waals surface area contributed by atoms with Gasteiger partial charge in [0.1, 0.15) is 0 Å². The molecule has 168 valence electrons. The molecule has 1 aliphatic heterocycles. The first kappa shape index (κ1) is 23.2. The molecule has 0 atom stereocenters. The molecule has 6 nitrogen and oxygen atoms in total. The van der Waals surface area contributed by atoms with Crippen molar-refractivity contribution in [1.82, 2.24) is 14.1 Å². The summed E-state index contributed by atoms with van der Waals surface area (Å²) >= 11 is 0. The average molecular weight is 436 g/mol. The van der Waals surface area contributed by atoms with Crippen LogP contribution in [0.1, 0.15) is 56.9 Å². The second-order valence-electron chi connectivity index (χ2n) is 8.94. The highest BCUT2D eigenvalue weighted by molar-refractivity contribution is 7.89. The van der Waals surface area contributed by atoms with E-state index in [1.165, 1.54) is 12.8 Å². The molecule has 1 aromatic rings. The van der Waals surface area contributed by atoms with Gasteiger partial charge in [0.15, 0.2) is 0 Å². The quantitative estimate of drug-likeness (QED) is 0.598. The number of benzene rings is 1. The van der Waals surface area contributed by atoms with Gasteiger partial charge in [0.25, 0.3) is 0 Å². The maximum absolute atomic E-state index is 13.0. The lowest BCUT2D eigenvalue weighted by Crippen LogP contribution is -2.42. The molecule has 0 N–H and O–H groups in total. The van der Waals surface area contributed by atoms with Crippen molar-refractivity contribution in [3.05, 3.63) is 29.8 Å². The van der Waals surface area contributed by atoms with Crippen molar-refractivity contribution in [3.8, 4) is 0 Å². The maximum atomic E-state index is 13.0. The van der Waals surface area contributed by atoms with Crippen LogP contribution in [0.15, 0.2) is 29.2 Å². The van der Waals surface area contributed by atoms with E-state index in [0.29, 0.717) is 36.9 Å². The standard InChI is InChI=1S/C23H37N3O3S/c1-24(2)18-19-26(21-8-4-5-9-21)23(27)15-12-20-10-13-22(14-11-20)30(28,29)25-16-6-3-7-17-25/h10-11,13-14,21H,3-9,12,15-19H2,1-2H3. The maximum Gasteiger partial charge on any atom is 0.243 e. The van der Waals surface area contributed by atoms with Gasteiger partial charge in [-0.05, 0) is 63.9 Å². The second kappa shape index (κ2) is 10.7. The normalized spacial score (nSPS) is 18.8. The summed E-state index contributed by atoms with van der Waals surface area (Å²) in [6.07, 6.45) is 8.74. The fraction of sp³-hybridized carbons (Fsp3) is 0.696. The van der Waals surface area contributed by atoms with Crippen LogP contribution in [0.25, 0.3) is 0 Å². The Balaban J connectivity index is 1.58. The summed E-state index contributed by atoms with van der Waals surface area (Å²) in [6, 6.07) is 7.51. The Labute approximate surface area is 182 Å². The highest BCUT2D eigenvalue weighted by atomic mass is 32.2. The van der Waals surface area contributed by atoms with Crippen molar-refractivity contribution in [2.75, 3.05) is 40.3 Å². The van der Waals surface area contributed by atoms with E-state index in [2.05, 4.69) is 9.80 Å². The van der Waals surface area contributed by atoms with Crippen LogP contribution >= 0.6 is 0 Å². The number of hydrogen-bond acceptors (Lipinski definition) is 4. The molecular formula is C23H37N3O3S. The second-order valence-corrected chi connectivity index (χ2v) is 10.9. The zero-order chi connectivity index (χ0) is 21.6. The topological polar surface area (TPSA) is 60.9 Å². The van der Waals surface area contributed by atoms with Crippen LogP contribution in [0.2, 0.25) is 0 Å². The predicted molar refractivity (Wildman–Crippen MR) is 120 cm³/mol. The third-order valence-corrected chi connectivity index (χ3v) is 8.29. The van der Waals surface area contributed by atoms with Crippen molar-refractivity contribution in [1.29, 1.82) is 0 Å². The Bertz CT molecular complexity index is 780. The molecule has 1 saturated heterocycles. The summed E-state index contributed by atoms with van der Waals surface area (Å²) in [6.45, 7) is 2.89. The molecule has 0 bridgehead atoms. The summed E-state index contributed by atoms with van der Waals surface area (Å²) in [7, 11) is 0.680. The van der Waals surface area contributed by atoms with Crippen molar-refractivity contribution in [3.63, 3.8) is 0 Å². The van der Waals surface area contributed by atoms with Gasteiger partial charge in [0.2, 0.25) is 15.9 Å². The smallest absolute Gasteiger partial charge is 0.243 e. The SMILES string of the molecule is CN(C)CCN(C(=O)CCc1ccc(S(=O)(=O)N2CCCCC2)cc1)C1CCCC1. The minimum absolute atomic E-state index is 0.216. The van der Waals surface area contributed by atoms with E-state index >= 15 is 0 Å². The number of piperidine rings is 1. The first-order valence-electron chi connectivity index (χ1n) is 11.4. The molecule has 0 spiro atoms. The van der Waals surface area contributed by atoms with Gasteiger partial charge < -0.3 is 9.80 Å². The zero-order valence-electron chi connectivity index (χ0n) is 18.6. The minimum atomic E-state index is -3.40. The van der Waals surface area contributed by atoms with E-state index in [0.717, 1.165) is 50.8 Å². The molecular weight excluding hydrogens is 398 g/mol. The van der Waals surface area contributed by atoms with Crippen LogP contribution in [0, 0.1) is 0 Å². The van der Waals surface area contributed by atoms with Gasteiger partial charge in [0.05, 0.1) is 4.90 Å². The van der Waals surface area contributed by atoms with E-state index in [9.17, 15) is 13.2 Å². The molecule has 0 radical (unpaired) electrons. The van der Waals surface area contributed by atoms with Crippen molar-refractivity contribution < 1.29 is 13.2 Å². The number of carbonyl (C=O) groups excluding carboxylic acids is 1. The van der Waals surface area contributed by atoms with Crippen molar-refractivity contribution >= 4 is 15.9 Å². The Hall–Kier alpha value is -1.44. The van der Waals surface area contributed by atoms with Crippen LogP contribution in [0.5, 0.6) is 0 Å². The van der Waals surface area contributed by atoms with E-state index in [4.69, 9.17) is 0 Å². The molecule has 1 saturated carbocycles. The third-order valence-electron chi connectivity index (χ3n) is 6.38. The number of hydrogen-bond donors (Lipinski definition) is 0. The first-order chi connectivity index (χ1) is 14.4. The Morgan fingerprint density at radius 2 is 1.60 bits per heavy atom. The van der Waals surface area contributed by atoms with Gasteiger partial charge in [-0.15, -0.1) is 0 Å². The van der Waals surface area contributed by atoms with Gasteiger partial charge in [-0.2, -0.15) is 4.31 Å². The molecule has 2 fully saturated rings. The Morgan fingerprint density at radius 1 is 0.967 bits per heavy atom.